The van der Waals surface area contributed by atoms with Crippen molar-refractivity contribution in [3.63, 3.8) is 0 Å². The summed E-state index contributed by atoms with van der Waals surface area (Å²) in [6, 6.07) is 17.3. The van der Waals surface area contributed by atoms with Crippen molar-refractivity contribution in [2.24, 2.45) is 0 Å². The van der Waals surface area contributed by atoms with E-state index in [0.717, 1.165) is 11.1 Å². The Morgan fingerprint density at radius 1 is 1.09 bits per heavy atom. The largest absolute Gasteiger partial charge is 0.321 e. The number of amides is 1. The molecule has 0 unspecified atom stereocenters. The fraction of sp³-hybridized carbons (Fsp3) is 0.200. The number of carbonyl (C=O) groups is 1. The predicted molar refractivity (Wildman–Crippen MR) is 93.9 cm³/mol. The van der Waals surface area contributed by atoms with Crippen molar-refractivity contribution in [2.45, 2.75) is 26.7 Å². The molecule has 0 spiro atoms. The highest BCUT2D eigenvalue weighted by Gasteiger charge is 2.09. The van der Waals surface area contributed by atoms with Crippen molar-refractivity contribution in [2.75, 3.05) is 5.32 Å². The zero-order valence-corrected chi connectivity index (χ0v) is 13.6. The predicted octanol–water partition coefficient (Wildman–Crippen LogP) is 4.66. The second kappa shape index (κ2) is 7.42. The zero-order valence-electron chi connectivity index (χ0n) is 13.6. The molecule has 3 nitrogen and oxygen atoms in total. The quantitative estimate of drug-likeness (QED) is 0.659. The van der Waals surface area contributed by atoms with Crippen LogP contribution in [0.5, 0.6) is 0 Å². The van der Waals surface area contributed by atoms with Crippen molar-refractivity contribution >= 4 is 17.7 Å². The molecule has 0 bridgehead atoms. The summed E-state index contributed by atoms with van der Waals surface area (Å²) in [5.41, 5.74) is 3.94. The summed E-state index contributed by atoms with van der Waals surface area (Å²) in [6.45, 7) is 6.23. The number of rotatable bonds is 4. The van der Waals surface area contributed by atoms with E-state index in [1.807, 2.05) is 61.5 Å². The molecule has 0 aliphatic rings. The average Bonchev–Trinajstić information content (AvgIpc) is 2.55. The van der Waals surface area contributed by atoms with Crippen molar-refractivity contribution in [1.82, 2.24) is 0 Å². The Balaban J connectivity index is 2.16. The molecule has 23 heavy (non-hydrogen) atoms. The van der Waals surface area contributed by atoms with E-state index < -0.39 is 5.91 Å². The van der Waals surface area contributed by atoms with E-state index in [9.17, 15) is 10.1 Å². The summed E-state index contributed by atoms with van der Waals surface area (Å²) in [7, 11) is 0. The van der Waals surface area contributed by atoms with Crippen LogP contribution < -0.4 is 5.32 Å². The number of benzene rings is 2. The minimum Gasteiger partial charge on any atom is -0.321 e. The Bertz CT molecular complexity index is 748. The number of carbonyl (C=O) groups excluding carboxylic acids is 1. The number of nitrogens with one attached hydrogen (secondary N) is 1. The first-order valence-electron chi connectivity index (χ1n) is 7.59. The molecule has 2 rings (SSSR count). The standard InChI is InChI=1S/C20H20N2O/c1-14(2)17-8-6-16(7-9-17)12-18(13-21)20(23)22-19-10-4-15(3)5-11-19/h4-12,14H,1-3H3,(H,22,23)/b18-12+. The monoisotopic (exact) mass is 304 g/mol. The van der Waals surface area contributed by atoms with Crippen LogP contribution in [0.2, 0.25) is 0 Å². The first kappa shape index (κ1) is 16.5. The molecule has 2 aromatic carbocycles. The smallest absolute Gasteiger partial charge is 0.266 e. The van der Waals surface area contributed by atoms with Gasteiger partial charge in [-0.25, -0.2) is 0 Å². The first-order chi connectivity index (χ1) is 11.0. The number of hydrogen-bond acceptors (Lipinski definition) is 2. The van der Waals surface area contributed by atoms with Crippen LogP contribution in [-0.4, -0.2) is 5.91 Å². The molecule has 0 saturated carbocycles. The van der Waals surface area contributed by atoms with Crippen LogP contribution in [0.4, 0.5) is 5.69 Å². The molecule has 0 aromatic heterocycles. The molecule has 0 aliphatic carbocycles. The van der Waals surface area contributed by atoms with Gasteiger partial charge in [-0.1, -0.05) is 55.8 Å². The van der Waals surface area contributed by atoms with Crippen LogP contribution >= 0.6 is 0 Å². The van der Waals surface area contributed by atoms with Crippen LogP contribution in [0.3, 0.4) is 0 Å². The third-order valence-corrected chi connectivity index (χ3v) is 3.59. The summed E-state index contributed by atoms with van der Waals surface area (Å²) >= 11 is 0. The Kier molecular flexibility index (Phi) is 5.32. The Labute approximate surface area is 137 Å². The summed E-state index contributed by atoms with van der Waals surface area (Å²) in [5, 5.41) is 12.0. The van der Waals surface area contributed by atoms with E-state index in [2.05, 4.69) is 19.2 Å². The van der Waals surface area contributed by atoms with Gasteiger partial charge in [0.25, 0.3) is 5.91 Å². The third kappa shape index (κ3) is 4.55. The number of nitriles is 1. The Morgan fingerprint density at radius 3 is 2.22 bits per heavy atom. The maximum Gasteiger partial charge on any atom is 0.266 e. The normalized spacial score (nSPS) is 11.2. The van der Waals surface area contributed by atoms with Crippen LogP contribution in [0.15, 0.2) is 54.1 Å². The molecule has 0 fully saturated rings. The highest BCUT2D eigenvalue weighted by atomic mass is 16.1. The molecule has 2 aromatic rings. The summed E-state index contributed by atoms with van der Waals surface area (Å²) in [6.07, 6.45) is 1.60. The highest BCUT2D eigenvalue weighted by Crippen LogP contribution is 2.17. The number of anilines is 1. The van der Waals surface area contributed by atoms with Crippen LogP contribution in [0.25, 0.3) is 6.08 Å². The van der Waals surface area contributed by atoms with Gasteiger partial charge in [0, 0.05) is 5.69 Å². The van der Waals surface area contributed by atoms with Crippen molar-refractivity contribution in [1.29, 1.82) is 5.26 Å². The lowest BCUT2D eigenvalue weighted by molar-refractivity contribution is -0.112. The molecule has 0 heterocycles. The second-order valence-corrected chi connectivity index (χ2v) is 5.81. The Morgan fingerprint density at radius 2 is 1.70 bits per heavy atom. The topological polar surface area (TPSA) is 52.9 Å². The molecule has 1 N–H and O–H groups in total. The molecule has 0 radical (unpaired) electrons. The molecule has 0 aliphatic heterocycles. The maximum absolute atomic E-state index is 12.2. The molecular weight excluding hydrogens is 284 g/mol. The molecule has 116 valence electrons. The maximum atomic E-state index is 12.2. The lowest BCUT2D eigenvalue weighted by atomic mass is 10.0. The number of nitrogens with zero attached hydrogens (tertiary/aromatic N) is 1. The fourth-order valence-electron chi connectivity index (χ4n) is 2.13. The van der Waals surface area contributed by atoms with E-state index in [-0.39, 0.29) is 5.57 Å². The van der Waals surface area contributed by atoms with E-state index in [4.69, 9.17) is 0 Å². The van der Waals surface area contributed by atoms with Crippen LogP contribution in [-0.2, 0) is 4.79 Å². The van der Waals surface area contributed by atoms with E-state index in [0.29, 0.717) is 11.6 Å². The van der Waals surface area contributed by atoms with Crippen molar-refractivity contribution in [3.05, 3.63) is 70.8 Å². The summed E-state index contributed by atoms with van der Waals surface area (Å²) in [4.78, 5) is 12.2. The van der Waals surface area contributed by atoms with Gasteiger partial charge in [-0.15, -0.1) is 0 Å². The van der Waals surface area contributed by atoms with Gasteiger partial charge in [-0.3, -0.25) is 4.79 Å². The van der Waals surface area contributed by atoms with Gasteiger partial charge in [0.2, 0.25) is 0 Å². The van der Waals surface area contributed by atoms with Gasteiger partial charge < -0.3 is 5.32 Å². The van der Waals surface area contributed by atoms with Gasteiger partial charge in [0.05, 0.1) is 0 Å². The zero-order chi connectivity index (χ0) is 16.8. The van der Waals surface area contributed by atoms with Crippen LogP contribution in [0, 0.1) is 18.3 Å². The Hall–Kier alpha value is -2.86. The lowest BCUT2D eigenvalue weighted by Gasteiger charge is -2.06. The fourth-order valence-corrected chi connectivity index (χ4v) is 2.13. The minimum absolute atomic E-state index is 0.0860. The van der Waals surface area contributed by atoms with Gasteiger partial charge >= 0.3 is 0 Å². The van der Waals surface area contributed by atoms with E-state index in [1.54, 1.807) is 6.08 Å². The van der Waals surface area contributed by atoms with E-state index >= 15 is 0 Å². The first-order valence-corrected chi connectivity index (χ1v) is 7.59. The van der Waals surface area contributed by atoms with Crippen molar-refractivity contribution in [3.8, 4) is 6.07 Å². The third-order valence-electron chi connectivity index (χ3n) is 3.59. The van der Waals surface area contributed by atoms with Crippen LogP contribution in [0.1, 0.15) is 36.5 Å². The molecule has 1 amide bonds. The SMILES string of the molecule is Cc1ccc(NC(=O)/C(C#N)=C/c2ccc(C(C)C)cc2)cc1. The average molecular weight is 304 g/mol. The highest BCUT2D eigenvalue weighted by molar-refractivity contribution is 6.09. The summed E-state index contributed by atoms with van der Waals surface area (Å²) < 4.78 is 0. The summed E-state index contributed by atoms with van der Waals surface area (Å²) in [5.74, 6) is 0.0533. The van der Waals surface area contributed by atoms with Gasteiger partial charge in [-0.05, 0) is 42.2 Å². The lowest BCUT2D eigenvalue weighted by Crippen LogP contribution is -2.13. The minimum atomic E-state index is -0.399. The number of hydrogen-bond donors (Lipinski definition) is 1. The molecule has 3 heteroatoms. The van der Waals surface area contributed by atoms with Crippen molar-refractivity contribution < 1.29 is 4.79 Å². The second-order valence-electron chi connectivity index (χ2n) is 5.81. The number of aryl methyl sites for hydroxylation is 1. The van der Waals surface area contributed by atoms with Gasteiger partial charge in [0.1, 0.15) is 11.6 Å². The van der Waals surface area contributed by atoms with E-state index in [1.165, 1.54) is 5.56 Å². The van der Waals surface area contributed by atoms with Gasteiger partial charge in [-0.2, -0.15) is 5.26 Å². The molecular formula is C20H20N2O. The van der Waals surface area contributed by atoms with Gasteiger partial charge in [0.15, 0.2) is 0 Å². The molecule has 0 saturated heterocycles. The molecule has 0 atom stereocenters.